The van der Waals surface area contributed by atoms with Crippen LogP contribution in [0.2, 0.25) is 0 Å². The fraction of sp³-hybridized carbons (Fsp3) is 0.222. The lowest BCUT2D eigenvalue weighted by molar-refractivity contribution is -0.153. The fourth-order valence-electron chi connectivity index (χ4n) is 3.84. The summed E-state index contributed by atoms with van der Waals surface area (Å²) in [6.45, 7) is 3.84. The largest absolute Gasteiger partial charge is 0.481 e. The number of urea groups is 1. The highest BCUT2D eigenvalue weighted by molar-refractivity contribution is 6.05. The van der Waals surface area contributed by atoms with Crippen molar-refractivity contribution in [1.82, 2.24) is 0 Å². The predicted octanol–water partition coefficient (Wildman–Crippen LogP) is 5.44. The molecule has 0 radical (unpaired) electrons. The Labute approximate surface area is 198 Å². The third-order valence-electron chi connectivity index (χ3n) is 5.65. The van der Waals surface area contributed by atoms with Gasteiger partial charge in [0.2, 0.25) is 0 Å². The number of amides is 2. The van der Waals surface area contributed by atoms with E-state index in [1.54, 1.807) is 36.4 Å². The Balaban J connectivity index is 1.71. The number of hydrogen-bond acceptors (Lipinski definition) is 4. The molecule has 7 nitrogen and oxygen atoms in total. The molecule has 176 valence electrons. The van der Waals surface area contributed by atoms with Gasteiger partial charge in [-0.3, -0.25) is 9.59 Å². The number of anilines is 2. The van der Waals surface area contributed by atoms with Crippen molar-refractivity contribution in [3.63, 3.8) is 0 Å². The lowest BCUT2D eigenvalue weighted by Crippen LogP contribution is -2.43. The highest BCUT2D eigenvalue weighted by Gasteiger charge is 2.40. The molecule has 2 aromatic rings. The third kappa shape index (κ3) is 6.30. The lowest BCUT2D eigenvalue weighted by atomic mass is 9.83. The molecule has 0 saturated carbocycles. The second-order valence-electron chi connectivity index (χ2n) is 8.03. The topological polar surface area (TPSA) is 105 Å². The molecule has 7 heteroatoms. The maximum Gasteiger partial charge on any atom is 0.323 e. The fourth-order valence-corrected chi connectivity index (χ4v) is 3.84. The summed E-state index contributed by atoms with van der Waals surface area (Å²) in [5.74, 6) is -1.51. The molecular formula is C27H28N2O5. The SMILES string of the molecule is C=C1/C=C\C(c2ccc(NC(=O)Nc3ccccc3)cc2)=C/CCCC(CC(=O)O)(OC)C1=O. The van der Waals surface area contributed by atoms with Gasteiger partial charge in [0.1, 0.15) is 5.60 Å². The van der Waals surface area contributed by atoms with E-state index < -0.39 is 23.8 Å². The van der Waals surface area contributed by atoms with Crippen LogP contribution in [0.15, 0.2) is 85.0 Å². The van der Waals surface area contributed by atoms with Crippen LogP contribution < -0.4 is 10.6 Å². The van der Waals surface area contributed by atoms with Crippen LogP contribution in [0.4, 0.5) is 16.2 Å². The lowest BCUT2D eigenvalue weighted by Gasteiger charge is -2.30. The Bertz CT molecular complexity index is 1120. The molecule has 1 aliphatic rings. The Kier molecular flexibility index (Phi) is 8.16. The number of hydrogen-bond donors (Lipinski definition) is 3. The van der Waals surface area contributed by atoms with Crippen molar-refractivity contribution in [3.05, 3.63) is 90.5 Å². The molecule has 1 unspecified atom stereocenters. The second kappa shape index (κ2) is 11.2. The maximum absolute atomic E-state index is 13.0. The molecule has 1 atom stereocenters. The van der Waals surface area contributed by atoms with Crippen molar-refractivity contribution >= 4 is 34.7 Å². The Morgan fingerprint density at radius 3 is 2.29 bits per heavy atom. The van der Waals surface area contributed by atoms with Gasteiger partial charge in [0, 0.05) is 24.1 Å². The van der Waals surface area contributed by atoms with Crippen LogP contribution in [0.25, 0.3) is 5.57 Å². The molecule has 3 rings (SSSR count). The number of ether oxygens (including phenoxy) is 1. The molecular weight excluding hydrogens is 432 g/mol. The van der Waals surface area contributed by atoms with Gasteiger partial charge in [0.25, 0.3) is 0 Å². The minimum Gasteiger partial charge on any atom is -0.481 e. The van der Waals surface area contributed by atoms with Crippen LogP contribution in [0, 0.1) is 0 Å². The molecule has 0 bridgehead atoms. The van der Waals surface area contributed by atoms with Crippen molar-refractivity contribution in [2.45, 2.75) is 31.3 Å². The summed E-state index contributed by atoms with van der Waals surface area (Å²) in [5, 5.41) is 14.8. The molecule has 0 aliphatic heterocycles. The van der Waals surface area contributed by atoms with Gasteiger partial charge >= 0.3 is 12.0 Å². The van der Waals surface area contributed by atoms with E-state index in [1.165, 1.54) is 7.11 Å². The minimum atomic E-state index is -1.41. The van der Waals surface area contributed by atoms with Gasteiger partial charge in [-0.2, -0.15) is 0 Å². The first-order valence-electron chi connectivity index (χ1n) is 11.0. The van der Waals surface area contributed by atoms with Crippen molar-refractivity contribution < 1.29 is 24.2 Å². The van der Waals surface area contributed by atoms with Gasteiger partial charge in [0.05, 0.1) is 6.42 Å². The summed E-state index contributed by atoms with van der Waals surface area (Å²) >= 11 is 0. The molecule has 0 saturated heterocycles. The molecule has 1 aliphatic carbocycles. The first-order chi connectivity index (χ1) is 16.3. The number of carbonyl (C=O) groups is 3. The van der Waals surface area contributed by atoms with Crippen LogP contribution in [-0.2, 0) is 14.3 Å². The third-order valence-corrected chi connectivity index (χ3v) is 5.65. The van der Waals surface area contributed by atoms with Crippen LogP contribution in [0.1, 0.15) is 31.2 Å². The number of carboxylic acids is 1. The number of methoxy groups -OCH3 is 1. The average Bonchev–Trinajstić information content (AvgIpc) is 2.82. The monoisotopic (exact) mass is 460 g/mol. The van der Waals surface area contributed by atoms with Crippen molar-refractivity contribution in [2.75, 3.05) is 17.7 Å². The van der Waals surface area contributed by atoms with Crippen molar-refractivity contribution in [2.24, 2.45) is 0 Å². The van der Waals surface area contributed by atoms with Crippen LogP contribution >= 0.6 is 0 Å². The number of aliphatic carboxylic acids is 1. The maximum atomic E-state index is 13.0. The smallest absolute Gasteiger partial charge is 0.323 e. The standard InChI is InChI=1S/C27H28N2O5/c1-19-11-12-20(8-6-7-17-27(34-2,25(19)32)18-24(30)31)21-13-15-23(16-14-21)29-26(33)28-22-9-4-3-5-10-22/h3-5,8-16H,1,6-7,17-18H2,2H3,(H,30,31)(H2,28,29,33)/b12-11-,20-8+. The highest BCUT2D eigenvalue weighted by Crippen LogP contribution is 2.30. The average molecular weight is 461 g/mol. The molecule has 3 N–H and O–H groups in total. The molecule has 2 aromatic carbocycles. The van der Waals surface area contributed by atoms with Gasteiger partial charge < -0.3 is 20.5 Å². The molecule has 2 amide bonds. The summed E-state index contributed by atoms with van der Waals surface area (Å²) in [6.07, 6.45) is 6.51. The van der Waals surface area contributed by atoms with Crippen LogP contribution in [-0.4, -0.2) is 35.6 Å². The molecule has 0 spiro atoms. The highest BCUT2D eigenvalue weighted by atomic mass is 16.5. The van der Waals surface area contributed by atoms with Crippen molar-refractivity contribution in [1.29, 1.82) is 0 Å². The van der Waals surface area contributed by atoms with Gasteiger partial charge in [-0.25, -0.2) is 4.79 Å². The molecule has 34 heavy (non-hydrogen) atoms. The zero-order valence-corrected chi connectivity index (χ0v) is 19.0. The predicted molar refractivity (Wildman–Crippen MR) is 133 cm³/mol. The van der Waals surface area contributed by atoms with Crippen LogP contribution in [0.5, 0.6) is 0 Å². The number of allylic oxidation sites excluding steroid dienone is 4. The van der Waals surface area contributed by atoms with Gasteiger partial charge in [-0.05, 0) is 54.7 Å². The van der Waals surface area contributed by atoms with Crippen LogP contribution in [0.3, 0.4) is 0 Å². The molecule has 0 aromatic heterocycles. The summed E-state index contributed by atoms with van der Waals surface area (Å²) < 4.78 is 5.41. The summed E-state index contributed by atoms with van der Waals surface area (Å²) in [6, 6.07) is 16.2. The van der Waals surface area contributed by atoms with E-state index >= 15 is 0 Å². The number of Topliss-reactive ketones (excluding diaryl/α,β-unsaturated/α-hetero) is 1. The van der Waals surface area contributed by atoms with E-state index in [2.05, 4.69) is 17.2 Å². The first-order valence-corrected chi connectivity index (χ1v) is 11.0. The zero-order chi connectivity index (χ0) is 24.6. The zero-order valence-electron chi connectivity index (χ0n) is 19.0. The number of carboxylic acid groups (broad SMARTS) is 1. The molecule has 0 heterocycles. The normalized spacial score (nSPS) is 21.1. The number of para-hydroxylation sites is 1. The minimum absolute atomic E-state index is 0.187. The summed E-state index contributed by atoms with van der Waals surface area (Å²) in [4.78, 5) is 36.5. The second-order valence-corrected chi connectivity index (χ2v) is 8.03. The summed E-state index contributed by atoms with van der Waals surface area (Å²) in [5.41, 5.74) is 1.93. The Morgan fingerprint density at radius 1 is 1.03 bits per heavy atom. The number of rotatable bonds is 6. The van der Waals surface area contributed by atoms with E-state index in [0.29, 0.717) is 24.2 Å². The van der Waals surface area contributed by atoms with E-state index in [4.69, 9.17) is 4.74 Å². The van der Waals surface area contributed by atoms with E-state index in [0.717, 1.165) is 11.1 Å². The summed E-state index contributed by atoms with van der Waals surface area (Å²) in [7, 11) is 1.36. The number of nitrogens with one attached hydrogen (secondary N) is 2. The number of benzene rings is 2. The molecule has 0 fully saturated rings. The van der Waals surface area contributed by atoms with E-state index in [9.17, 15) is 19.5 Å². The van der Waals surface area contributed by atoms with Crippen molar-refractivity contribution in [3.8, 4) is 0 Å². The van der Waals surface area contributed by atoms with Gasteiger partial charge in [-0.1, -0.05) is 55.1 Å². The van der Waals surface area contributed by atoms with Gasteiger partial charge in [0.15, 0.2) is 5.78 Å². The quantitative estimate of drug-likeness (QED) is 0.498. The Morgan fingerprint density at radius 2 is 1.68 bits per heavy atom. The number of carbonyl (C=O) groups excluding carboxylic acids is 2. The Hall–Kier alpha value is -3.97. The first kappa shape index (κ1) is 24.7. The van der Waals surface area contributed by atoms with E-state index in [1.807, 2.05) is 36.4 Å². The van der Waals surface area contributed by atoms with Gasteiger partial charge in [-0.15, -0.1) is 0 Å². The van der Waals surface area contributed by atoms with E-state index in [-0.39, 0.29) is 18.0 Å². The number of ketones is 1.